The minimum Gasteiger partial charge on any atom is -0.300 e. The third-order valence-electron chi connectivity index (χ3n) is 4.25. The molecule has 0 saturated carbocycles. The van der Waals surface area contributed by atoms with Crippen LogP contribution in [0.3, 0.4) is 0 Å². The predicted molar refractivity (Wildman–Crippen MR) is 101 cm³/mol. The zero-order valence-electron chi connectivity index (χ0n) is 14.5. The molecule has 0 unspecified atom stereocenters. The van der Waals surface area contributed by atoms with Gasteiger partial charge in [0.05, 0.1) is 5.69 Å². The van der Waals surface area contributed by atoms with Gasteiger partial charge >= 0.3 is 0 Å². The monoisotopic (exact) mass is 380 g/mol. The van der Waals surface area contributed by atoms with Crippen LogP contribution >= 0.6 is 23.6 Å². The largest absolute Gasteiger partial charge is 0.300 e. The Balaban J connectivity index is 1.56. The van der Waals surface area contributed by atoms with E-state index in [0.29, 0.717) is 9.90 Å². The van der Waals surface area contributed by atoms with Crippen LogP contribution in [-0.2, 0) is 24.3 Å². The summed E-state index contributed by atoms with van der Waals surface area (Å²) >= 11 is 6.68. The number of hydrogen-bond acceptors (Lipinski definition) is 6. The number of likely N-dealkylation sites (tertiary alicyclic amines) is 1. The number of rotatable bonds is 7. The highest BCUT2D eigenvalue weighted by molar-refractivity contribution is 7.71. The van der Waals surface area contributed by atoms with E-state index in [-0.39, 0.29) is 12.5 Å². The van der Waals surface area contributed by atoms with Crippen molar-refractivity contribution in [1.29, 1.82) is 0 Å². The molecule has 2 aromatic heterocycles. The van der Waals surface area contributed by atoms with Gasteiger partial charge in [-0.3, -0.25) is 19.4 Å². The van der Waals surface area contributed by atoms with Gasteiger partial charge in [0.2, 0.25) is 5.91 Å². The van der Waals surface area contributed by atoms with E-state index in [4.69, 9.17) is 12.2 Å². The number of H-pyrrole nitrogens is 1. The van der Waals surface area contributed by atoms with Crippen LogP contribution in [-0.4, -0.2) is 43.6 Å². The fraction of sp³-hybridized carbons (Fsp3) is 0.625. The highest BCUT2D eigenvalue weighted by Crippen LogP contribution is 2.19. The lowest BCUT2D eigenvalue weighted by Gasteiger charge is -2.25. The maximum atomic E-state index is 12.3. The Morgan fingerprint density at radius 1 is 1.40 bits per heavy atom. The second kappa shape index (κ2) is 8.68. The molecular weight excluding hydrogens is 356 g/mol. The summed E-state index contributed by atoms with van der Waals surface area (Å²) < 4.78 is 2.22. The Bertz CT molecular complexity index is 759. The second-order valence-electron chi connectivity index (χ2n) is 6.31. The van der Waals surface area contributed by atoms with E-state index >= 15 is 0 Å². The van der Waals surface area contributed by atoms with Crippen LogP contribution in [0.1, 0.15) is 44.1 Å². The summed E-state index contributed by atoms with van der Waals surface area (Å²) in [5.41, 5.74) is 1.02. The number of hydrogen-bond donors (Lipinski definition) is 2. The Morgan fingerprint density at radius 3 is 2.96 bits per heavy atom. The molecule has 25 heavy (non-hydrogen) atoms. The summed E-state index contributed by atoms with van der Waals surface area (Å²) in [5, 5.41) is 12.5. The Hall–Kier alpha value is -1.58. The number of amides is 1. The van der Waals surface area contributed by atoms with Crippen LogP contribution in [0.4, 0.5) is 5.13 Å². The lowest BCUT2D eigenvalue weighted by atomic mass is 10.1. The summed E-state index contributed by atoms with van der Waals surface area (Å²) in [5.74, 6) is 0.682. The third kappa shape index (κ3) is 4.96. The smallest absolute Gasteiger partial charge is 0.246 e. The van der Waals surface area contributed by atoms with Crippen molar-refractivity contribution >= 4 is 34.6 Å². The number of nitrogens with one attached hydrogen (secondary N) is 2. The summed E-state index contributed by atoms with van der Waals surface area (Å²) in [6.45, 7) is 5.36. The van der Waals surface area contributed by atoms with Gasteiger partial charge in [-0.05, 0) is 44.6 Å². The zero-order valence-corrected chi connectivity index (χ0v) is 16.1. The highest BCUT2D eigenvalue weighted by Gasteiger charge is 2.14. The molecule has 136 valence electrons. The Kier molecular flexibility index (Phi) is 6.33. The fourth-order valence-corrected chi connectivity index (χ4v) is 3.95. The Labute approximate surface area is 156 Å². The van der Waals surface area contributed by atoms with Gasteiger partial charge in [-0.15, -0.1) is 11.3 Å². The molecule has 2 aromatic rings. The molecule has 0 aliphatic carbocycles. The van der Waals surface area contributed by atoms with Crippen LogP contribution in [0.15, 0.2) is 5.38 Å². The molecule has 3 rings (SSSR count). The van der Waals surface area contributed by atoms with Crippen LogP contribution in [0.25, 0.3) is 0 Å². The first kappa shape index (κ1) is 18.2. The molecule has 1 saturated heterocycles. The first-order valence-corrected chi connectivity index (χ1v) is 10.0. The maximum absolute atomic E-state index is 12.3. The lowest BCUT2D eigenvalue weighted by molar-refractivity contribution is -0.116. The predicted octanol–water partition coefficient (Wildman–Crippen LogP) is 2.97. The van der Waals surface area contributed by atoms with E-state index in [0.717, 1.165) is 44.0 Å². The molecule has 3 heterocycles. The minimum absolute atomic E-state index is 0.131. The van der Waals surface area contributed by atoms with Gasteiger partial charge in [0.15, 0.2) is 9.90 Å². The number of nitrogens with zero attached hydrogens (tertiary/aromatic N) is 4. The molecule has 0 radical (unpaired) electrons. The molecule has 0 spiro atoms. The molecule has 0 atom stereocenters. The van der Waals surface area contributed by atoms with Gasteiger partial charge in [-0.2, -0.15) is 5.10 Å². The first-order valence-electron chi connectivity index (χ1n) is 8.76. The molecule has 0 aromatic carbocycles. The first-order chi connectivity index (χ1) is 12.2. The number of carbonyl (C=O) groups excluding carboxylic acids is 1. The van der Waals surface area contributed by atoms with Gasteiger partial charge in [-0.1, -0.05) is 13.3 Å². The molecule has 7 nitrogen and oxygen atoms in total. The number of carbonyl (C=O) groups is 1. The summed E-state index contributed by atoms with van der Waals surface area (Å²) in [6, 6.07) is 0. The van der Waals surface area contributed by atoms with Crippen molar-refractivity contribution in [2.24, 2.45) is 0 Å². The number of piperidine rings is 1. The fourth-order valence-electron chi connectivity index (χ4n) is 3.01. The van der Waals surface area contributed by atoms with Crippen LogP contribution in [0.5, 0.6) is 0 Å². The van der Waals surface area contributed by atoms with Crippen LogP contribution in [0, 0.1) is 4.77 Å². The Morgan fingerprint density at radius 2 is 2.20 bits per heavy atom. The summed E-state index contributed by atoms with van der Waals surface area (Å²) in [6.07, 6.45) is 5.59. The lowest BCUT2D eigenvalue weighted by Crippen LogP contribution is -2.29. The van der Waals surface area contributed by atoms with Gasteiger partial charge < -0.3 is 5.32 Å². The van der Waals surface area contributed by atoms with E-state index in [2.05, 4.69) is 32.3 Å². The number of aryl methyl sites for hydroxylation is 1. The quantitative estimate of drug-likeness (QED) is 0.722. The molecular formula is C16H24N6OS2. The van der Waals surface area contributed by atoms with Crippen molar-refractivity contribution in [3.8, 4) is 0 Å². The molecule has 2 N–H and O–H groups in total. The zero-order chi connectivity index (χ0) is 17.6. The molecule has 1 aliphatic rings. The molecule has 1 amide bonds. The van der Waals surface area contributed by atoms with E-state index < -0.39 is 0 Å². The molecule has 1 aliphatic heterocycles. The van der Waals surface area contributed by atoms with Crippen molar-refractivity contribution in [1.82, 2.24) is 24.6 Å². The summed E-state index contributed by atoms with van der Waals surface area (Å²) in [7, 11) is 0. The molecule has 0 bridgehead atoms. The second-order valence-corrected chi connectivity index (χ2v) is 7.55. The van der Waals surface area contributed by atoms with Gasteiger partial charge in [0.1, 0.15) is 12.4 Å². The average molecular weight is 381 g/mol. The average Bonchev–Trinajstić information content (AvgIpc) is 3.17. The van der Waals surface area contributed by atoms with Crippen LogP contribution < -0.4 is 5.32 Å². The SMILES string of the molecule is CCCc1n[nH]c(=S)n1CC(=O)Nc1nc(CN2CCCCC2)cs1. The summed E-state index contributed by atoms with van der Waals surface area (Å²) in [4.78, 5) is 19.3. The van der Waals surface area contributed by atoms with Crippen molar-refractivity contribution in [2.75, 3.05) is 18.4 Å². The van der Waals surface area contributed by atoms with Crippen molar-refractivity contribution in [2.45, 2.75) is 52.1 Å². The van der Waals surface area contributed by atoms with E-state index in [1.165, 1.54) is 30.6 Å². The van der Waals surface area contributed by atoms with Gasteiger partial charge in [0.25, 0.3) is 0 Å². The van der Waals surface area contributed by atoms with E-state index in [1.54, 1.807) is 4.57 Å². The number of thiazole rings is 1. The standard InChI is InChI=1S/C16H24N6OS2/c1-2-6-13-19-20-16(24)22(13)10-14(23)18-15-17-12(11-25-15)9-21-7-4-3-5-8-21/h11H,2-10H2,1H3,(H,20,24)(H,17,18,23). The van der Waals surface area contributed by atoms with Crippen molar-refractivity contribution in [3.05, 3.63) is 21.7 Å². The maximum Gasteiger partial charge on any atom is 0.246 e. The highest BCUT2D eigenvalue weighted by atomic mass is 32.1. The topological polar surface area (TPSA) is 78.8 Å². The number of anilines is 1. The molecule has 9 heteroatoms. The van der Waals surface area contributed by atoms with Crippen LogP contribution in [0.2, 0.25) is 0 Å². The third-order valence-corrected chi connectivity index (χ3v) is 5.36. The normalized spacial score (nSPS) is 15.4. The van der Waals surface area contributed by atoms with Gasteiger partial charge in [-0.25, -0.2) is 4.98 Å². The number of aromatic nitrogens is 4. The van der Waals surface area contributed by atoms with E-state index in [9.17, 15) is 4.79 Å². The number of aromatic amines is 1. The van der Waals surface area contributed by atoms with Crippen molar-refractivity contribution in [3.63, 3.8) is 0 Å². The van der Waals surface area contributed by atoms with E-state index in [1.807, 2.05) is 5.38 Å². The van der Waals surface area contributed by atoms with Crippen molar-refractivity contribution < 1.29 is 4.79 Å². The minimum atomic E-state index is -0.131. The van der Waals surface area contributed by atoms with Gasteiger partial charge in [0, 0.05) is 18.3 Å². The molecule has 1 fully saturated rings.